The minimum Gasteiger partial charge on any atom is -0.372 e. The van der Waals surface area contributed by atoms with E-state index in [0.717, 1.165) is 29.9 Å². The summed E-state index contributed by atoms with van der Waals surface area (Å²) in [6, 6.07) is 16.1. The highest BCUT2D eigenvalue weighted by Crippen LogP contribution is 2.24. The van der Waals surface area contributed by atoms with E-state index in [1.807, 2.05) is 36.4 Å². The van der Waals surface area contributed by atoms with Crippen molar-refractivity contribution >= 4 is 23.1 Å². The van der Waals surface area contributed by atoms with Gasteiger partial charge in [0.05, 0.1) is 12.4 Å². The Morgan fingerprint density at radius 3 is 2.38 bits per heavy atom. The first-order chi connectivity index (χ1) is 14.1. The average molecular weight is 390 g/mol. The van der Waals surface area contributed by atoms with Crippen molar-refractivity contribution in [3.63, 3.8) is 0 Å². The summed E-state index contributed by atoms with van der Waals surface area (Å²) in [5.41, 5.74) is 4.63. The molecule has 0 saturated carbocycles. The van der Waals surface area contributed by atoms with Gasteiger partial charge in [0.25, 0.3) is 5.91 Å². The molecule has 1 aromatic heterocycles. The molecule has 0 radical (unpaired) electrons. The fourth-order valence-electron chi connectivity index (χ4n) is 3.09. The van der Waals surface area contributed by atoms with E-state index in [9.17, 15) is 4.79 Å². The molecule has 0 bridgehead atoms. The standard InChI is InChI=1S/C23H27N5O/c1-4-28(5-2)19-11-12-20(17(3)13-19)27-22-16-24-21(15-25-22)23(29)26-14-18-9-7-6-8-10-18/h6-13,15-16H,4-5,14H2,1-3H3,(H,25,27)(H,26,29). The first-order valence-corrected chi connectivity index (χ1v) is 9.87. The molecule has 0 unspecified atom stereocenters. The Morgan fingerprint density at radius 1 is 1.00 bits per heavy atom. The topological polar surface area (TPSA) is 70.2 Å². The molecular formula is C23H27N5O. The maximum absolute atomic E-state index is 12.3. The van der Waals surface area contributed by atoms with Crippen LogP contribution in [0.25, 0.3) is 0 Å². The van der Waals surface area contributed by atoms with Crippen LogP contribution < -0.4 is 15.5 Å². The fourth-order valence-corrected chi connectivity index (χ4v) is 3.09. The van der Waals surface area contributed by atoms with Crippen LogP contribution in [0.4, 0.5) is 17.2 Å². The van der Waals surface area contributed by atoms with Crippen LogP contribution >= 0.6 is 0 Å². The minimum atomic E-state index is -0.243. The number of aryl methyl sites for hydroxylation is 1. The molecule has 0 aliphatic heterocycles. The van der Waals surface area contributed by atoms with Gasteiger partial charge in [-0.05, 0) is 50.1 Å². The minimum absolute atomic E-state index is 0.243. The number of aromatic nitrogens is 2. The summed E-state index contributed by atoms with van der Waals surface area (Å²) in [7, 11) is 0. The first-order valence-electron chi connectivity index (χ1n) is 9.87. The highest BCUT2D eigenvalue weighted by molar-refractivity contribution is 5.92. The summed E-state index contributed by atoms with van der Waals surface area (Å²) in [6.45, 7) is 8.77. The van der Waals surface area contributed by atoms with Crippen LogP contribution in [-0.4, -0.2) is 29.0 Å². The van der Waals surface area contributed by atoms with Crippen LogP contribution in [0, 0.1) is 6.92 Å². The van der Waals surface area contributed by atoms with E-state index >= 15 is 0 Å². The molecular weight excluding hydrogens is 362 g/mol. The molecule has 0 atom stereocenters. The quantitative estimate of drug-likeness (QED) is 0.601. The fraction of sp³-hybridized carbons (Fsp3) is 0.261. The molecule has 0 aliphatic rings. The Kier molecular flexibility index (Phi) is 6.79. The van der Waals surface area contributed by atoms with Crippen LogP contribution in [0.2, 0.25) is 0 Å². The molecule has 0 fully saturated rings. The zero-order chi connectivity index (χ0) is 20.6. The average Bonchev–Trinajstić information content (AvgIpc) is 2.76. The lowest BCUT2D eigenvalue weighted by Gasteiger charge is -2.22. The smallest absolute Gasteiger partial charge is 0.271 e. The van der Waals surface area contributed by atoms with E-state index in [0.29, 0.717) is 18.1 Å². The maximum atomic E-state index is 12.3. The Hall–Kier alpha value is -3.41. The zero-order valence-corrected chi connectivity index (χ0v) is 17.1. The van der Waals surface area contributed by atoms with E-state index < -0.39 is 0 Å². The second-order valence-corrected chi connectivity index (χ2v) is 6.75. The number of amides is 1. The summed E-state index contributed by atoms with van der Waals surface area (Å²) < 4.78 is 0. The molecule has 0 saturated heterocycles. The number of benzene rings is 2. The van der Waals surface area contributed by atoms with E-state index in [4.69, 9.17) is 0 Å². The van der Waals surface area contributed by atoms with Gasteiger partial charge in [0.2, 0.25) is 0 Å². The van der Waals surface area contributed by atoms with Crippen molar-refractivity contribution in [3.8, 4) is 0 Å². The van der Waals surface area contributed by atoms with E-state index in [1.54, 1.807) is 6.20 Å². The van der Waals surface area contributed by atoms with Gasteiger partial charge in [-0.15, -0.1) is 0 Å². The molecule has 1 amide bonds. The van der Waals surface area contributed by atoms with Crippen molar-refractivity contribution in [2.45, 2.75) is 27.3 Å². The van der Waals surface area contributed by atoms with Crippen molar-refractivity contribution in [2.75, 3.05) is 23.3 Å². The van der Waals surface area contributed by atoms with Gasteiger partial charge < -0.3 is 15.5 Å². The molecule has 0 aliphatic carbocycles. The molecule has 6 nitrogen and oxygen atoms in total. The third kappa shape index (κ3) is 5.31. The number of nitrogens with one attached hydrogen (secondary N) is 2. The number of carbonyl (C=O) groups excluding carboxylic acids is 1. The number of hydrogen-bond acceptors (Lipinski definition) is 5. The molecule has 3 aromatic rings. The molecule has 1 heterocycles. The lowest BCUT2D eigenvalue weighted by molar-refractivity contribution is 0.0945. The zero-order valence-electron chi connectivity index (χ0n) is 17.1. The predicted octanol–water partition coefficient (Wildman–Crippen LogP) is 4.30. The van der Waals surface area contributed by atoms with Gasteiger partial charge in [0.15, 0.2) is 0 Å². The Morgan fingerprint density at radius 2 is 1.76 bits per heavy atom. The lowest BCUT2D eigenvalue weighted by atomic mass is 10.1. The van der Waals surface area contributed by atoms with Crippen molar-refractivity contribution in [1.29, 1.82) is 0 Å². The molecule has 2 aromatic carbocycles. The summed E-state index contributed by atoms with van der Waals surface area (Å²) in [6.07, 6.45) is 3.07. The van der Waals surface area contributed by atoms with Gasteiger partial charge in [0.1, 0.15) is 11.5 Å². The summed E-state index contributed by atoms with van der Waals surface area (Å²) in [5.74, 6) is 0.357. The van der Waals surface area contributed by atoms with Crippen molar-refractivity contribution in [1.82, 2.24) is 15.3 Å². The summed E-state index contributed by atoms with van der Waals surface area (Å²) in [4.78, 5) is 23.1. The number of rotatable bonds is 8. The molecule has 6 heteroatoms. The molecule has 0 spiro atoms. The third-order valence-corrected chi connectivity index (χ3v) is 4.78. The summed E-state index contributed by atoms with van der Waals surface area (Å²) >= 11 is 0. The molecule has 2 N–H and O–H groups in total. The van der Waals surface area contributed by atoms with Crippen LogP contribution in [0.5, 0.6) is 0 Å². The Labute approximate surface area is 172 Å². The molecule has 29 heavy (non-hydrogen) atoms. The van der Waals surface area contributed by atoms with E-state index in [1.165, 1.54) is 11.9 Å². The van der Waals surface area contributed by atoms with E-state index in [2.05, 4.69) is 58.4 Å². The summed E-state index contributed by atoms with van der Waals surface area (Å²) in [5, 5.41) is 6.13. The molecule has 150 valence electrons. The number of anilines is 3. The largest absolute Gasteiger partial charge is 0.372 e. The number of hydrogen-bond donors (Lipinski definition) is 2. The molecule has 3 rings (SSSR count). The van der Waals surface area contributed by atoms with Crippen LogP contribution in [0.15, 0.2) is 60.9 Å². The van der Waals surface area contributed by atoms with Crippen LogP contribution in [-0.2, 0) is 6.54 Å². The monoisotopic (exact) mass is 389 g/mol. The van der Waals surface area contributed by atoms with Gasteiger partial charge in [-0.3, -0.25) is 4.79 Å². The normalized spacial score (nSPS) is 10.4. The highest BCUT2D eigenvalue weighted by Gasteiger charge is 2.09. The third-order valence-electron chi connectivity index (χ3n) is 4.78. The van der Waals surface area contributed by atoms with Gasteiger partial charge in [-0.1, -0.05) is 30.3 Å². The van der Waals surface area contributed by atoms with Crippen LogP contribution in [0.3, 0.4) is 0 Å². The Bertz CT molecular complexity index is 937. The SMILES string of the molecule is CCN(CC)c1ccc(Nc2cnc(C(=O)NCc3ccccc3)cn2)c(C)c1. The van der Waals surface area contributed by atoms with Gasteiger partial charge in [0, 0.05) is 31.0 Å². The van der Waals surface area contributed by atoms with E-state index in [-0.39, 0.29) is 5.91 Å². The van der Waals surface area contributed by atoms with Gasteiger partial charge in [-0.2, -0.15) is 0 Å². The number of carbonyl (C=O) groups is 1. The second kappa shape index (κ2) is 9.68. The number of nitrogens with zero attached hydrogens (tertiary/aromatic N) is 3. The lowest BCUT2D eigenvalue weighted by Crippen LogP contribution is -2.24. The predicted molar refractivity (Wildman–Crippen MR) is 118 cm³/mol. The van der Waals surface area contributed by atoms with Crippen molar-refractivity contribution in [3.05, 3.63) is 77.7 Å². The van der Waals surface area contributed by atoms with Crippen molar-refractivity contribution in [2.24, 2.45) is 0 Å². The maximum Gasteiger partial charge on any atom is 0.271 e. The van der Waals surface area contributed by atoms with Gasteiger partial charge >= 0.3 is 0 Å². The van der Waals surface area contributed by atoms with Crippen LogP contribution in [0.1, 0.15) is 35.5 Å². The van der Waals surface area contributed by atoms with Crippen molar-refractivity contribution < 1.29 is 4.79 Å². The first kappa shape index (κ1) is 20.3. The van der Waals surface area contributed by atoms with Gasteiger partial charge in [-0.25, -0.2) is 9.97 Å². The Balaban J connectivity index is 1.62. The highest BCUT2D eigenvalue weighted by atomic mass is 16.1. The second-order valence-electron chi connectivity index (χ2n) is 6.75.